The number of hydrogen-bond acceptors (Lipinski definition) is 5. The summed E-state index contributed by atoms with van der Waals surface area (Å²) in [6.45, 7) is 0.0696. The predicted octanol–water partition coefficient (Wildman–Crippen LogP) is -0.00362. The highest BCUT2D eigenvalue weighted by Crippen LogP contribution is 2.01. The molecule has 0 spiro atoms. The van der Waals surface area contributed by atoms with E-state index in [2.05, 4.69) is 0 Å². The minimum Gasteiger partial charge on any atom is -0.389 e. The molecule has 0 radical (unpaired) electrons. The zero-order valence-corrected chi connectivity index (χ0v) is 12.7. The van der Waals surface area contributed by atoms with Crippen molar-refractivity contribution in [3.05, 3.63) is 68.5 Å². The maximum absolute atomic E-state index is 12.0. The standard InChI is InChI=1S/C16H17N3O4/c1-18-8-13(7-17)15(21)19(16(18)22)9-14(20)11-23-10-12-5-3-2-4-6-12/h2-6,8,14,20H,9-11H2,1H3/t14-/m1/s1. The van der Waals surface area contributed by atoms with Gasteiger partial charge in [0.05, 0.1) is 25.9 Å². The minimum absolute atomic E-state index is 0.0265. The Labute approximate surface area is 132 Å². The van der Waals surface area contributed by atoms with Crippen LogP contribution in [-0.4, -0.2) is 27.0 Å². The van der Waals surface area contributed by atoms with Crippen molar-refractivity contribution in [2.75, 3.05) is 6.61 Å². The maximum Gasteiger partial charge on any atom is 0.330 e. The first kappa shape index (κ1) is 16.7. The van der Waals surface area contributed by atoms with Gasteiger partial charge < -0.3 is 14.4 Å². The van der Waals surface area contributed by atoms with Crippen molar-refractivity contribution >= 4 is 0 Å². The fourth-order valence-electron chi connectivity index (χ4n) is 2.11. The van der Waals surface area contributed by atoms with Gasteiger partial charge >= 0.3 is 5.69 Å². The summed E-state index contributed by atoms with van der Waals surface area (Å²) in [7, 11) is 1.44. The first-order valence-corrected chi connectivity index (χ1v) is 7.03. The van der Waals surface area contributed by atoms with Gasteiger partial charge in [0.25, 0.3) is 5.56 Å². The zero-order valence-electron chi connectivity index (χ0n) is 12.7. The molecule has 0 aliphatic rings. The fraction of sp³-hybridized carbons (Fsp3) is 0.312. The summed E-state index contributed by atoms with van der Waals surface area (Å²) in [4.78, 5) is 23.9. The predicted molar refractivity (Wildman–Crippen MR) is 82.8 cm³/mol. The van der Waals surface area contributed by atoms with Gasteiger partial charge in [-0.15, -0.1) is 0 Å². The number of aliphatic hydroxyl groups excluding tert-OH is 1. The molecule has 2 rings (SSSR count). The van der Waals surface area contributed by atoms with Crippen LogP contribution in [0.4, 0.5) is 0 Å². The number of benzene rings is 1. The molecular formula is C16H17N3O4. The number of aliphatic hydroxyl groups is 1. The van der Waals surface area contributed by atoms with E-state index in [9.17, 15) is 14.7 Å². The molecule has 1 atom stereocenters. The number of nitrogens with zero attached hydrogens (tertiary/aromatic N) is 3. The summed E-state index contributed by atoms with van der Waals surface area (Å²) in [5.41, 5.74) is -0.488. The van der Waals surface area contributed by atoms with Gasteiger partial charge in [-0.1, -0.05) is 30.3 Å². The van der Waals surface area contributed by atoms with Gasteiger partial charge in [0.15, 0.2) is 0 Å². The molecule has 7 nitrogen and oxygen atoms in total. The van der Waals surface area contributed by atoms with Crippen LogP contribution in [0.25, 0.3) is 0 Å². The lowest BCUT2D eigenvalue weighted by molar-refractivity contribution is 0.0191. The lowest BCUT2D eigenvalue weighted by Gasteiger charge is -2.13. The van der Waals surface area contributed by atoms with E-state index >= 15 is 0 Å². The van der Waals surface area contributed by atoms with Gasteiger partial charge in [-0.3, -0.25) is 9.36 Å². The quantitative estimate of drug-likeness (QED) is 0.809. The number of aryl methyl sites for hydroxylation is 1. The third-order valence-corrected chi connectivity index (χ3v) is 3.27. The molecule has 7 heteroatoms. The van der Waals surface area contributed by atoms with Crippen LogP contribution >= 0.6 is 0 Å². The highest BCUT2D eigenvalue weighted by molar-refractivity contribution is 5.22. The molecular weight excluding hydrogens is 298 g/mol. The summed E-state index contributed by atoms with van der Waals surface area (Å²) in [5, 5.41) is 18.9. The van der Waals surface area contributed by atoms with Crippen LogP contribution in [0.1, 0.15) is 11.1 Å². The van der Waals surface area contributed by atoms with Crippen LogP contribution in [0, 0.1) is 11.3 Å². The Balaban J connectivity index is 2.02. The van der Waals surface area contributed by atoms with Crippen molar-refractivity contribution in [3.8, 4) is 6.07 Å². The second-order valence-corrected chi connectivity index (χ2v) is 5.12. The average Bonchev–Trinajstić information content (AvgIpc) is 2.56. The van der Waals surface area contributed by atoms with E-state index in [0.717, 1.165) is 14.7 Å². The molecule has 0 unspecified atom stereocenters. The van der Waals surface area contributed by atoms with Crippen molar-refractivity contribution in [3.63, 3.8) is 0 Å². The second kappa shape index (κ2) is 7.54. The molecule has 0 amide bonds. The Kier molecular flexibility index (Phi) is 5.46. The maximum atomic E-state index is 12.0. The smallest absolute Gasteiger partial charge is 0.330 e. The van der Waals surface area contributed by atoms with Crippen molar-refractivity contribution in [1.82, 2.24) is 9.13 Å². The van der Waals surface area contributed by atoms with Gasteiger partial charge in [0, 0.05) is 13.2 Å². The van der Waals surface area contributed by atoms with E-state index in [-0.39, 0.29) is 18.7 Å². The Morgan fingerprint density at radius 2 is 2.00 bits per heavy atom. The molecule has 1 aromatic carbocycles. The lowest BCUT2D eigenvalue weighted by Crippen LogP contribution is -2.43. The van der Waals surface area contributed by atoms with E-state index in [1.807, 2.05) is 30.3 Å². The molecule has 0 saturated carbocycles. The third-order valence-electron chi connectivity index (χ3n) is 3.27. The summed E-state index contributed by atoms with van der Waals surface area (Å²) < 4.78 is 7.36. The van der Waals surface area contributed by atoms with Gasteiger partial charge in [0.2, 0.25) is 0 Å². The molecule has 0 bridgehead atoms. The molecule has 0 aliphatic heterocycles. The number of ether oxygens (including phenoxy) is 1. The average molecular weight is 315 g/mol. The first-order valence-electron chi connectivity index (χ1n) is 7.03. The van der Waals surface area contributed by atoms with E-state index in [4.69, 9.17) is 10.00 Å². The molecule has 1 aromatic heterocycles. The molecule has 0 saturated heterocycles. The highest BCUT2D eigenvalue weighted by atomic mass is 16.5. The van der Waals surface area contributed by atoms with Gasteiger partial charge in [-0.25, -0.2) is 4.79 Å². The van der Waals surface area contributed by atoms with Crippen LogP contribution in [0.15, 0.2) is 46.1 Å². The van der Waals surface area contributed by atoms with Crippen LogP contribution in [-0.2, 0) is 24.9 Å². The third kappa shape index (κ3) is 4.16. The van der Waals surface area contributed by atoms with Crippen molar-refractivity contribution < 1.29 is 9.84 Å². The molecule has 2 aromatic rings. The number of rotatable bonds is 6. The summed E-state index contributed by atoms with van der Waals surface area (Å²) >= 11 is 0. The normalized spacial score (nSPS) is 11.9. The number of aromatic nitrogens is 2. The summed E-state index contributed by atoms with van der Waals surface area (Å²) in [6, 6.07) is 11.2. The first-order chi connectivity index (χ1) is 11.0. The van der Waals surface area contributed by atoms with Crippen molar-refractivity contribution in [2.24, 2.45) is 7.05 Å². The molecule has 1 heterocycles. The number of hydrogen-bond donors (Lipinski definition) is 1. The molecule has 120 valence electrons. The van der Waals surface area contributed by atoms with Gasteiger partial charge in [-0.2, -0.15) is 5.26 Å². The van der Waals surface area contributed by atoms with Gasteiger partial charge in [-0.05, 0) is 5.56 Å². The zero-order chi connectivity index (χ0) is 16.8. The van der Waals surface area contributed by atoms with Crippen LogP contribution < -0.4 is 11.2 Å². The Bertz CT molecular complexity index is 818. The van der Waals surface area contributed by atoms with Crippen LogP contribution in [0.5, 0.6) is 0 Å². The van der Waals surface area contributed by atoms with E-state index in [0.29, 0.717) is 6.61 Å². The summed E-state index contributed by atoms with van der Waals surface area (Å²) in [6.07, 6.45) is 0.150. The van der Waals surface area contributed by atoms with E-state index in [1.165, 1.54) is 13.2 Å². The minimum atomic E-state index is -1.03. The van der Waals surface area contributed by atoms with Gasteiger partial charge in [0.1, 0.15) is 11.6 Å². The molecule has 1 N–H and O–H groups in total. The highest BCUT2D eigenvalue weighted by Gasteiger charge is 2.13. The largest absolute Gasteiger partial charge is 0.389 e. The van der Waals surface area contributed by atoms with Crippen molar-refractivity contribution in [1.29, 1.82) is 5.26 Å². The van der Waals surface area contributed by atoms with Crippen LogP contribution in [0.3, 0.4) is 0 Å². The lowest BCUT2D eigenvalue weighted by atomic mass is 10.2. The Hall–Kier alpha value is -2.69. The second-order valence-electron chi connectivity index (χ2n) is 5.12. The summed E-state index contributed by atoms with van der Waals surface area (Å²) in [5.74, 6) is 0. The number of nitriles is 1. The monoisotopic (exact) mass is 315 g/mol. The fourth-order valence-corrected chi connectivity index (χ4v) is 2.11. The van der Waals surface area contributed by atoms with E-state index in [1.54, 1.807) is 6.07 Å². The SMILES string of the molecule is Cn1cc(C#N)c(=O)n(C[C@@H](O)COCc2ccccc2)c1=O. The molecule has 23 heavy (non-hydrogen) atoms. The Morgan fingerprint density at radius 1 is 1.30 bits per heavy atom. The van der Waals surface area contributed by atoms with Crippen LogP contribution in [0.2, 0.25) is 0 Å². The van der Waals surface area contributed by atoms with Crippen molar-refractivity contribution in [2.45, 2.75) is 19.3 Å². The van der Waals surface area contributed by atoms with E-state index < -0.39 is 17.4 Å². The Morgan fingerprint density at radius 3 is 2.65 bits per heavy atom. The topological polar surface area (TPSA) is 97.2 Å². The molecule has 0 aliphatic carbocycles. The molecule has 0 fully saturated rings.